The number of hydrogen-bond donors (Lipinski definition) is 1. The first-order chi connectivity index (χ1) is 9.74. The van der Waals surface area contributed by atoms with Gasteiger partial charge >= 0.3 is 0 Å². The largest absolute Gasteiger partial charge is 0.338 e. The Morgan fingerprint density at radius 2 is 1.81 bits per heavy atom. The van der Waals surface area contributed by atoms with Crippen LogP contribution in [0, 0.1) is 10.8 Å². The topological polar surface area (TPSA) is 32.3 Å². The number of nitrogens with zero attached hydrogens (tertiary/aromatic N) is 1. The molecule has 1 heterocycles. The van der Waals surface area contributed by atoms with Crippen LogP contribution in [-0.2, 0) is 4.79 Å². The first-order valence-corrected chi connectivity index (χ1v) is 8.78. The minimum atomic E-state index is 0.0619. The molecule has 3 nitrogen and oxygen atoms in total. The fourth-order valence-corrected chi connectivity index (χ4v) is 4.78. The molecule has 1 unspecified atom stereocenters. The zero-order valence-electron chi connectivity index (χ0n) is 14.7. The van der Waals surface area contributed by atoms with E-state index in [0.717, 1.165) is 45.2 Å². The van der Waals surface area contributed by atoms with Crippen LogP contribution in [0.15, 0.2) is 0 Å². The van der Waals surface area contributed by atoms with E-state index in [4.69, 9.17) is 0 Å². The monoisotopic (exact) mass is 294 g/mol. The van der Waals surface area contributed by atoms with Crippen LogP contribution in [0.25, 0.3) is 0 Å². The molecule has 3 heteroatoms. The molecule has 0 spiro atoms. The van der Waals surface area contributed by atoms with E-state index in [9.17, 15) is 4.79 Å². The molecule has 1 aliphatic carbocycles. The van der Waals surface area contributed by atoms with Crippen LogP contribution in [0.4, 0.5) is 0 Å². The highest BCUT2D eigenvalue weighted by Crippen LogP contribution is 2.47. The molecule has 1 saturated carbocycles. The Balaban J connectivity index is 2.07. The van der Waals surface area contributed by atoms with Crippen molar-refractivity contribution in [3.8, 4) is 0 Å². The predicted octanol–water partition coefficient (Wildman–Crippen LogP) is 3.58. The molecule has 2 rings (SSSR count). The van der Waals surface area contributed by atoms with Gasteiger partial charge in [-0.15, -0.1) is 0 Å². The molecule has 0 radical (unpaired) electrons. The number of nitrogens with one attached hydrogen (secondary N) is 1. The van der Waals surface area contributed by atoms with Crippen molar-refractivity contribution in [1.29, 1.82) is 0 Å². The van der Waals surface area contributed by atoms with Gasteiger partial charge in [0.05, 0.1) is 6.04 Å². The number of carbonyl (C=O) groups excluding carboxylic acids is 1. The molecule has 0 aromatic heterocycles. The third-order valence-electron chi connectivity index (χ3n) is 5.09. The van der Waals surface area contributed by atoms with Crippen molar-refractivity contribution in [3.05, 3.63) is 0 Å². The summed E-state index contributed by atoms with van der Waals surface area (Å²) in [5, 5.41) is 3.44. The van der Waals surface area contributed by atoms with Crippen LogP contribution >= 0.6 is 0 Å². The zero-order valence-corrected chi connectivity index (χ0v) is 14.7. The molecule has 2 aliphatic rings. The Morgan fingerprint density at radius 3 is 2.38 bits per heavy atom. The highest BCUT2D eigenvalue weighted by molar-refractivity contribution is 5.83. The number of carbonyl (C=O) groups is 1. The van der Waals surface area contributed by atoms with Crippen LogP contribution in [0.5, 0.6) is 0 Å². The van der Waals surface area contributed by atoms with Gasteiger partial charge in [-0.2, -0.15) is 0 Å². The van der Waals surface area contributed by atoms with Crippen molar-refractivity contribution in [1.82, 2.24) is 10.2 Å². The van der Waals surface area contributed by atoms with Crippen LogP contribution in [0.2, 0.25) is 0 Å². The van der Waals surface area contributed by atoms with Gasteiger partial charge < -0.3 is 10.2 Å². The van der Waals surface area contributed by atoms with Crippen LogP contribution < -0.4 is 5.32 Å². The van der Waals surface area contributed by atoms with Gasteiger partial charge in [0.25, 0.3) is 0 Å². The summed E-state index contributed by atoms with van der Waals surface area (Å²) < 4.78 is 0. The Bertz CT molecular complexity index is 359. The fourth-order valence-electron chi connectivity index (χ4n) is 4.78. The highest BCUT2D eigenvalue weighted by atomic mass is 16.2. The van der Waals surface area contributed by atoms with Crippen LogP contribution in [0.3, 0.4) is 0 Å². The summed E-state index contributed by atoms with van der Waals surface area (Å²) in [7, 11) is 0. The van der Waals surface area contributed by atoms with Crippen molar-refractivity contribution in [2.24, 2.45) is 10.8 Å². The van der Waals surface area contributed by atoms with Gasteiger partial charge in [-0.1, -0.05) is 34.6 Å². The molecule has 1 N–H and O–H groups in total. The highest BCUT2D eigenvalue weighted by Gasteiger charge is 2.43. The molecule has 122 valence electrons. The number of hydrogen-bond acceptors (Lipinski definition) is 2. The molecule has 1 saturated heterocycles. The van der Waals surface area contributed by atoms with Gasteiger partial charge in [0.15, 0.2) is 0 Å². The SMILES string of the molecule is CCCNC1CCCN(C2CC(C)(C)CC(C)(C)C2)C1=O. The molecule has 2 fully saturated rings. The van der Waals surface area contributed by atoms with E-state index in [1.807, 2.05) is 0 Å². The maximum absolute atomic E-state index is 12.8. The maximum atomic E-state index is 12.8. The minimum absolute atomic E-state index is 0.0619. The molecular weight excluding hydrogens is 260 g/mol. The summed E-state index contributed by atoms with van der Waals surface area (Å²) in [4.78, 5) is 15.0. The van der Waals surface area contributed by atoms with E-state index in [-0.39, 0.29) is 6.04 Å². The Kier molecular flexibility index (Phi) is 5.02. The summed E-state index contributed by atoms with van der Waals surface area (Å²) in [5.41, 5.74) is 0.687. The van der Waals surface area contributed by atoms with Gasteiger partial charge in [0, 0.05) is 12.6 Å². The van der Waals surface area contributed by atoms with E-state index in [0.29, 0.717) is 22.8 Å². The first kappa shape index (κ1) is 16.8. The molecule has 1 aliphatic heterocycles. The van der Waals surface area contributed by atoms with Gasteiger partial charge in [-0.05, 0) is 55.9 Å². The third-order valence-corrected chi connectivity index (χ3v) is 5.09. The molecular formula is C18H34N2O. The Morgan fingerprint density at radius 1 is 1.19 bits per heavy atom. The Labute approximate surface area is 130 Å². The average Bonchev–Trinajstić information content (AvgIpc) is 2.33. The van der Waals surface area contributed by atoms with E-state index >= 15 is 0 Å². The van der Waals surface area contributed by atoms with Crippen molar-refractivity contribution >= 4 is 5.91 Å². The van der Waals surface area contributed by atoms with Gasteiger partial charge in [0.2, 0.25) is 5.91 Å². The smallest absolute Gasteiger partial charge is 0.239 e. The quantitative estimate of drug-likeness (QED) is 0.859. The number of piperidine rings is 1. The molecule has 0 aromatic carbocycles. The third kappa shape index (κ3) is 4.21. The second kappa shape index (κ2) is 6.28. The fraction of sp³-hybridized carbons (Fsp3) is 0.944. The van der Waals surface area contributed by atoms with E-state index < -0.39 is 0 Å². The van der Waals surface area contributed by atoms with Gasteiger partial charge in [0.1, 0.15) is 0 Å². The molecule has 1 amide bonds. The summed E-state index contributed by atoms with van der Waals surface area (Å²) in [6.07, 6.45) is 6.81. The minimum Gasteiger partial charge on any atom is -0.338 e. The summed E-state index contributed by atoms with van der Waals surface area (Å²) in [5.74, 6) is 0.355. The zero-order chi connectivity index (χ0) is 15.7. The maximum Gasteiger partial charge on any atom is 0.239 e. The molecule has 21 heavy (non-hydrogen) atoms. The van der Waals surface area contributed by atoms with Crippen molar-refractivity contribution in [2.75, 3.05) is 13.1 Å². The normalized spacial score (nSPS) is 29.7. The summed E-state index contributed by atoms with van der Waals surface area (Å²) >= 11 is 0. The first-order valence-electron chi connectivity index (χ1n) is 8.78. The Hall–Kier alpha value is -0.570. The van der Waals surface area contributed by atoms with E-state index in [2.05, 4.69) is 44.8 Å². The lowest BCUT2D eigenvalue weighted by molar-refractivity contribution is -0.141. The lowest BCUT2D eigenvalue weighted by Crippen LogP contribution is -2.57. The second-order valence-corrected chi connectivity index (χ2v) is 8.75. The van der Waals surface area contributed by atoms with Crippen LogP contribution in [0.1, 0.15) is 73.1 Å². The molecule has 0 aromatic rings. The summed E-state index contributed by atoms with van der Waals surface area (Å²) in [6.45, 7) is 13.5. The van der Waals surface area contributed by atoms with Gasteiger partial charge in [-0.3, -0.25) is 4.79 Å². The van der Waals surface area contributed by atoms with E-state index in [1.54, 1.807) is 0 Å². The second-order valence-electron chi connectivity index (χ2n) is 8.75. The van der Waals surface area contributed by atoms with Crippen molar-refractivity contribution in [2.45, 2.75) is 85.2 Å². The van der Waals surface area contributed by atoms with Crippen molar-refractivity contribution < 1.29 is 4.79 Å². The lowest BCUT2D eigenvalue weighted by atomic mass is 9.63. The average molecular weight is 294 g/mol. The number of rotatable bonds is 4. The number of likely N-dealkylation sites (tertiary alicyclic amines) is 1. The predicted molar refractivity (Wildman–Crippen MR) is 88.2 cm³/mol. The van der Waals surface area contributed by atoms with E-state index in [1.165, 1.54) is 6.42 Å². The lowest BCUT2D eigenvalue weighted by Gasteiger charge is -2.50. The van der Waals surface area contributed by atoms with Crippen LogP contribution in [-0.4, -0.2) is 36.0 Å². The van der Waals surface area contributed by atoms with Crippen molar-refractivity contribution in [3.63, 3.8) is 0 Å². The number of amides is 1. The summed E-state index contributed by atoms with van der Waals surface area (Å²) in [6, 6.07) is 0.495. The standard InChI is InChI=1S/C18H34N2O/c1-6-9-19-15-8-7-10-20(16(15)21)14-11-17(2,3)13-18(4,5)12-14/h14-15,19H,6-13H2,1-5H3. The molecule has 0 bridgehead atoms. The molecule has 1 atom stereocenters. The van der Waals surface area contributed by atoms with Gasteiger partial charge in [-0.25, -0.2) is 0 Å².